The fourth-order valence-electron chi connectivity index (χ4n) is 2.66. The maximum Gasteiger partial charge on any atom is 0.138 e. The summed E-state index contributed by atoms with van der Waals surface area (Å²) in [7, 11) is 0. The van der Waals surface area contributed by atoms with Gasteiger partial charge in [-0.25, -0.2) is 9.67 Å². The number of anilines is 1. The predicted octanol–water partition coefficient (Wildman–Crippen LogP) is 3.67. The first-order valence-electron chi connectivity index (χ1n) is 6.74. The molecule has 1 aliphatic rings. The summed E-state index contributed by atoms with van der Waals surface area (Å²) in [6.07, 6.45) is 9.60. The van der Waals surface area contributed by atoms with Crippen LogP contribution in [0.1, 0.15) is 32.1 Å². The van der Waals surface area contributed by atoms with Gasteiger partial charge in [0.25, 0.3) is 0 Å². The minimum atomic E-state index is 0.537. The minimum absolute atomic E-state index is 0.537. The van der Waals surface area contributed by atoms with Crippen molar-refractivity contribution in [3.8, 4) is 5.69 Å². The van der Waals surface area contributed by atoms with E-state index in [1.807, 2.05) is 12.1 Å². The smallest absolute Gasteiger partial charge is 0.138 e. The van der Waals surface area contributed by atoms with E-state index in [1.54, 1.807) is 11.0 Å². The normalized spacial score (nSPS) is 16.5. The third-order valence-electron chi connectivity index (χ3n) is 3.60. The Labute approximate surface area is 117 Å². The van der Waals surface area contributed by atoms with Gasteiger partial charge in [0.2, 0.25) is 0 Å². The zero-order valence-electron chi connectivity index (χ0n) is 10.7. The van der Waals surface area contributed by atoms with Crippen LogP contribution in [0.4, 0.5) is 5.69 Å². The lowest BCUT2D eigenvalue weighted by molar-refractivity contribution is 0.462. The second-order valence-corrected chi connectivity index (χ2v) is 5.36. The summed E-state index contributed by atoms with van der Waals surface area (Å²) in [5, 5.41) is 8.47. The lowest BCUT2D eigenvalue weighted by atomic mass is 9.95. The van der Waals surface area contributed by atoms with Crippen LogP contribution in [0, 0.1) is 0 Å². The summed E-state index contributed by atoms with van der Waals surface area (Å²) < 4.78 is 1.72. The topological polar surface area (TPSA) is 42.7 Å². The van der Waals surface area contributed by atoms with Crippen molar-refractivity contribution in [2.45, 2.75) is 38.1 Å². The number of benzene rings is 1. The molecule has 1 aromatic carbocycles. The molecule has 0 radical (unpaired) electrons. The van der Waals surface area contributed by atoms with Gasteiger partial charge in [-0.2, -0.15) is 5.10 Å². The molecule has 0 unspecified atom stereocenters. The van der Waals surface area contributed by atoms with E-state index in [0.717, 1.165) is 11.4 Å². The van der Waals surface area contributed by atoms with Gasteiger partial charge in [-0.1, -0.05) is 36.9 Å². The zero-order chi connectivity index (χ0) is 13.1. The Morgan fingerprint density at radius 2 is 2.05 bits per heavy atom. The zero-order valence-corrected chi connectivity index (χ0v) is 11.5. The molecule has 1 aliphatic carbocycles. The molecule has 2 aromatic rings. The summed E-state index contributed by atoms with van der Waals surface area (Å²) in [5.74, 6) is 0. The summed E-state index contributed by atoms with van der Waals surface area (Å²) >= 11 is 6.31. The molecule has 1 aromatic heterocycles. The molecule has 1 heterocycles. The number of hydrogen-bond acceptors (Lipinski definition) is 3. The standard InChI is InChI=1S/C14H17ClN4/c15-12-7-4-8-13(14(12)19-10-16-9-17-19)18-11-5-2-1-3-6-11/h4,7-11,18H,1-3,5-6H2. The third kappa shape index (κ3) is 2.73. The van der Waals surface area contributed by atoms with Crippen LogP contribution in [0.5, 0.6) is 0 Å². The molecule has 1 fully saturated rings. The van der Waals surface area contributed by atoms with Crippen LogP contribution < -0.4 is 5.32 Å². The molecule has 0 aliphatic heterocycles. The third-order valence-corrected chi connectivity index (χ3v) is 3.90. The van der Waals surface area contributed by atoms with Crippen LogP contribution >= 0.6 is 11.6 Å². The first kappa shape index (κ1) is 12.5. The molecule has 100 valence electrons. The van der Waals surface area contributed by atoms with Gasteiger partial charge in [-0.15, -0.1) is 0 Å². The summed E-state index contributed by atoms with van der Waals surface area (Å²) in [5.41, 5.74) is 1.91. The Balaban J connectivity index is 1.90. The number of rotatable bonds is 3. The molecule has 1 saturated carbocycles. The van der Waals surface area contributed by atoms with Gasteiger partial charge in [-0.05, 0) is 25.0 Å². The van der Waals surface area contributed by atoms with Crippen LogP contribution in [0.3, 0.4) is 0 Å². The van der Waals surface area contributed by atoms with Crippen LogP contribution in [0.2, 0.25) is 5.02 Å². The van der Waals surface area contributed by atoms with Crippen LogP contribution in [0.15, 0.2) is 30.9 Å². The van der Waals surface area contributed by atoms with Crippen molar-refractivity contribution in [1.29, 1.82) is 0 Å². The Kier molecular flexibility index (Phi) is 3.69. The molecule has 1 N–H and O–H groups in total. The molecule has 5 heteroatoms. The maximum absolute atomic E-state index is 6.31. The molecular weight excluding hydrogens is 260 g/mol. The van der Waals surface area contributed by atoms with Crippen LogP contribution in [-0.4, -0.2) is 20.8 Å². The number of hydrogen-bond donors (Lipinski definition) is 1. The molecule has 0 spiro atoms. The van der Waals surface area contributed by atoms with Gasteiger partial charge in [0, 0.05) is 6.04 Å². The highest BCUT2D eigenvalue weighted by molar-refractivity contribution is 6.33. The fourth-order valence-corrected chi connectivity index (χ4v) is 2.92. The summed E-state index contributed by atoms with van der Waals surface area (Å²) in [6, 6.07) is 6.44. The van der Waals surface area contributed by atoms with Crippen molar-refractivity contribution >= 4 is 17.3 Å². The average Bonchev–Trinajstić information content (AvgIpc) is 2.94. The molecule has 4 nitrogen and oxygen atoms in total. The van der Waals surface area contributed by atoms with Crippen molar-refractivity contribution in [3.63, 3.8) is 0 Å². The molecule has 19 heavy (non-hydrogen) atoms. The lowest BCUT2D eigenvalue weighted by Crippen LogP contribution is -2.23. The number of nitrogens with one attached hydrogen (secondary N) is 1. The molecule has 0 atom stereocenters. The number of nitrogens with zero attached hydrogens (tertiary/aromatic N) is 3. The Morgan fingerprint density at radius 3 is 2.79 bits per heavy atom. The predicted molar refractivity (Wildman–Crippen MR) is 76.9 cm³/mol. The first-order valence-corrected chi connectivity index (χ1v) is 7.12. The highest BCUT2D eigenvalue weighted by Crippen LogP contribution is 2.30. The molecule has 0 amide bonds. The SMILES string of the molecule is Clc1cccc(NC2CCCCC2)c1-n1cncn1. The Bertz CT molecular complexity index is 532. The van der Waals surface area contributed by atoms with Crippen LogP contribution in [-0.2, 0) is 0 Å². The quantitative estimate of drug-likeness (QED) is 0.930. The van der Waals surface area contributed by atoms with Crippen molar-refractivity contribution in [1.82, 2.24) is 14.8 Å². The van der Waals surface area contributed by atoms with Crippen molar-refractivity contribution in [3.05, 3.63) is 35.9 Å². The number of aromatic nitrogens is 3. The van der Waals surface area contributed by atoms with E-state index in [1.165, 1.54) is 38.4 Å². The average molecular weight is 277 g/mol. The monoisotopic (exact) mass is 276 g/mol. The van der Waals surface area contributed by atoms with E-state index in [4.69, 9.17) is 11.6 Å². The number of para-hydroxylation sites is 1. The van der Waals surface area contributed by atoms with E-state index in [-0.39, 0.29) is 0 Å². The van der Waals surface area contributed by atoms with E-state index < -0.39 is 0 Å². The van der Waals surface area contributed by atoms with E-state index in [9.17, 15) is 0 Å². The van der Waals surface area contributed by atoms with E-state index >= 15 is 0 Å². The van der Waals surface area contributed by atoms with Crippen molar-refractivity contribution < 1.29 is 0 Å². The molecule has 0 saturated heterocycles. The van der Waals surface area contributed by atoms with Gasteiger partial charge in [-0.3, -0.25) is 0 Å². The van der Waals surface area contributed by atoms with E-state index in [2.05, 4.69) is 21.5 Å². The largest absolute Gasteiger partial charge is 0.381 e. The number of halogens is 1. The molecule has 3 rings (SSSR count). The highest BCUT2D eigenvalue weighted by Gasteiger charge is 2.16. The van der Waals surface area contributed by atoms with Gasteiger partial charge in [0.1, 0.15) is 18.3 Å². The minimum Gasteiger partial charge on any atom is -0.381 e. The lowest BCUT2D eigenvalue weighted by Gasteiger charge is -2.25. The summed E-state index contributed by atoms with van der Waals surface area (Å²) in [4.78, 5) is 3.99. The van der Waals surface area contributed by atoms with Gasteiger partial charge in [0.15, 0.2) is 0 Å². The second kappa shape index (κ2) is 5.61. The second-order valence-electron chi connectivity index (χ2n) is 4.96. The van der Waals surface area contributed by atoms with E-state index in [0.29, 0.717) is 11.1 Å². The van der Waals surface area contributed by atoms with Crippen LogP contribution in [0.25, 0.3) is 5.69 Å². The Morgan fingerprint density at radius 1 is 1.21 bits per heavy atom. The molecule has 0 bridgehead atoms. The van der Waals surface area contributed by atoms with Gasteiger partial charge >= 0.3 is 0 Å². The highest BCUT2D eigenvalue weighted by atomic mass is 35.5. The molecular formula is C14H17ClN4. The fraction of sp³-hybridized carbons (Fsp3) is 0.429. The van der Waals surface area contributed by atoms with Crippen molar-refractivity contribution in [2.75, 3.05) is 5.32 Å². The maximum atomic E-state index is 6.31. The van der Waals surface area contributed by atoms with Gasteiger partial charge < -0.3 is 5.32 Å². The first-order chi connectivity index (χ1) is 9.34. The summed E-state index contributed by atoms with van der Waals surface area (Å²) in [6.45, 7) is 0. The van der Waals surface area contributed by atoms with Gasteiger partial charge in [0.05, 0.1) is 10.7 Å². The Hall–Kier alpha value is -1.55. The van der Waals surface area contributed by atoms with Crippen molar-refractivity contribution in [2.24, 2.45) is 0 Å².